The number of aromatic amines is 2. The maximum atomic E-state index is 12.8. The molecule has 0 aromatic carbocycles. The van der Waals surface area contributed by atoms with Gasteiger partial charge in [0, 0.05) is 35.6 Å². The van der Waals surface area contributed by atoms with Crippen molar-refractivity contribution in [3.63, 3.8) is 0 Å². The molecule has 1 unspecified atom stereocenters. The molecule has 226 valence electrons. The fraction of sp³-hybridized carbons (Fsp3) is 0.429. The minimum atomic E-state index is -0.392. The van der Waals surface area contributed by atoms with E-state index in [2.05, 4.69) is 62.8 Å². The molecule has 0 spiro atoms. The first-order valence-electron chi connectivity index (χ1n) is 15.1. The van der Waals surface area contributed by atoms with Crippen LogP contribution in [0.25, 0.3) is 12.2 Å². The summed E-state index contributed by atoms with van der Waals surface area (Å²) in [6, 6.07) is 2.09. The van der Waals surface area contributed by atoms with Crippen molar-refractivity contribution in [2.24, 2.45) is 9.98 Å². The van der Waals surface area contributed by atoms with Crippen LogP contribution in [0.3, 0.4) is 0 Å². The largest absolute Gasteiger partial charge is 0.469 e. The first kappa shape index (κ1) is 30.3. The third-order valence-corrected chi connectivity index (χ3v) is 9.13. The molecule has 0 aliphatic carbocycles. The van der Waals surface area contributed by atoms with E-state index in [1.165, 1.54) is 42.2 Å². The van der Waals surface area contributed by atoms with Gasteiger partial charge < -0.3 is 19.4 Å². The number of nitrogens with one attached hydrogen (secondary N) is 2. The number of methoxy groups -OCH3 is 2. The third kappa shape index (κ3) is 5.63. The molecular formula is C35H42N4O4. The zero-order chi connectivity index (χ0) is 31.0. The predicted molar refractivity (Wildman–Crippen MR) is 171 cm³/mol. The van der Waals surface area contributed by atoms with Gasteiger partial charge in [-0.1, -0.05) is 13.8 Å². The Labute approximate surface area is 253 Å². The lowest BCUT2D eigenvalue weighted by molar-refractivity contribution is -0.141. The summed E-state index contributed by atoms with van der Waals surface area (Å²) in [5.41, 5.74) is 15.6. The Morgan fingerprint density at radius 2 is 1.56 bits per heavy atom. The number of esters is 2. The SMILES string of the molecule is CCC1=C(C)/C2=C/c3[nH]c(cc3C)C(CC(=O)OC)C3=N/C(=C\c4[nH]c(c(CC)c4C)CC1=N2)C(C)=C3CCC(=O)OC. The van der Waals surface area contributed by atoms with E-state index in [9.17, 15) is 9.59 Å². The highest BCUT2D eigenvalue weighted by Gasteiger charge is 2.33. The third-order valence-electron chi connectivity index (χ3n) is 9.13. The van der Waals surface area contributed by atoms with Crippen molar-refractivity contribution in [2.45, 2.75) is 86.0 Å². The van der Waals surface area contributed by atoms with Crippen molar-refractivity contribution in [1.29, 1.82) is 0 Å². The summed E-state index contributed by atoms with van der Waals surface area (Å²) in [6.45, 7) is 12.8. The van der Waals surface area contributed by atoms with Crippen molar-refractivity contribution < 1.29 is 19.1 Å². The second kappa shape index (κ2) is 12.2. The number of hydrogen-bond donors (Lipinski definition) is 2. The molecule has 0 saturated carbocycles. The van der Waals surface area contributed by atoms with Gasteiger partial charge in [-0.25, -0.2) is 0 Å². The highest BCUT2D eigenvalue weighted by atomic mass is 16.5. The van der Waals surface area contributed by atoms with E-state index in [0.29, 0.717) is 6.42 Å². The number of ether oxygens (including phenoxy) is 2. The van der Waals surface area contributed by atoms with E-state index >= 15 is 0 Å². The number of aliphatic imine (C=N–C) groups is 2. The molecule has 3 aliphatic heterocycles. The lowest BCUT2D eigenvalue weighted by Crippen LogP contribution is -2.19. The van der Waals surface area contributed by atoms with Crippen LogP contribution in [-0.2, 0) is 31.9 Å². The van der Waals surface area contributed by atoms with Gasteiger partial charge in [0.15, 0.2) is 0 Å². The Kier molecular flexibility index (Phi) is 8.58. The van der Waals surface area contributed by atoms with Gasteiger partial charge in [0.1, 0.15) is 0 Å². The second-order valence-electron chi connectivity index (χ2n) is 11.6. The molecule has 2 aromatic rings. The summed E-state index contributed by atoms with van der Waals surface area (Å²) in [5.74, 6) is -1.00. The van der Waals surface area contributed by atoms with Crippen LogP contribution in [0.2, 0.25) is 0 Å². The van der Waals surface area contributed by atoms with E-state index < -0.39 is 5.92 Å². The van der Waals surface area contributed by atoms with Gasteiger partial charge in [-0.15, -0.1) is 0 Å². The molecule has 5 heterocycles. The van der Waals surface area contributed by atoms with Crippen molar-refractivity contribution in [3.05, 3.63) is 79.2 Å². The monoisotopic (exact) mass is 582 g/mol. The smallest absolute Gasteiger partial charge is 0.306 e. The number of rotatable bonds is 7. The molecule has 0 saturated heterocycles. The molecule has 8 heteroatoms. The zero-order valence-corrected chi connectivity index (χ0v) is 26.6. The van der Waals surface area contributed by atoms with Gasteiger partial charge in [0.25, 0.3) is 0 Å². The fourth-order valence-electron chi connectivity index (χ4n) is 6.60. The highest BCUT2D eigenvalue weighted by Crippen LogP contribution is 2.39. The first-order valence-corrected chi connectivity index (χ1v) is 15.1. The summed E-state index contributed by atoms with van der Waals surface area (Å²) in [5, 5.41) is 0. The number of carbonyl (C=O) groups is 2. The molecule has 5 rings (SSSR count). The van der Waals surface area contributed by atoms with Crippen LogP contribution in [0, 0.1) is 13.8 Å². The lowest BCUT2D eigenvalue weighted by Gasteiger charge is -2.18. The Morgan fingerprint density at radius 3 is 2.23 bits per heavy atom. The molecule has 0 amide bonds. The van der Waals surface area contributed by atoms with E-state index in [0.717, 1.165) is 75.9 Å². The summed E-state index contributed by atoms with van der Waals surface area (Å²) in [6.07, 6.45) is 7.55. The Balaban J connectivity index is 1.77. The van der Waals surface area contributed by atoms with Gasteiger partial charge in [0.2, 0.25) is 0 Å². The van der Waals surface area contributed by atoms with Crippen molar-refractivity contribution >= 4 is 35.5 Å². The lowest BCUT2D eigenvalue weighted by atomic mass is 9.87. The minimum absolute atomic E-state index is 0.112. The number of hydrogen-bond acceptors (Lipinski definition) is 6. The Hall–Kier alpha value is -4.20. The van der Waals surface area contributed by atoms with Crippen LogP contribution in [0.5, 0.6) is 0 Å². The van der Waals surface area contributed by atoms with Gasteiger partial charge in [-0.3, -0.25) is 19.6 Å². The summed E-state index contributed by atoms with van der Waals surface area (Å²) < 4.78 is 10.1. The van der Waals surface area contributed by atoms with Gasteiger partial charge in [-0.2, -0.15) is 0 Å². The normalized spacial score (nSPS) is 20.4. The van der Waals surface area contributed by atoms with E-state index in [1.54, 1.807) is 0 Å². The molecule has 0 fully saturated rings. The molecule has 8 nitrogen and oxygen atoms in total. The predicted octanol–water partition coefficient (Wildman–Crippen LogP) is 7.01. The molecule has 1 atom stereocenters. The van der Waals surface area contributed by atoms with Crippen molar-refractivity contribution in [3.8, 4) is 0 Å². The molecule has 2 aromatic heterocycles. The zero-order valence-electron chi connectivity index (χ0n) is 26.6. The number of H-pyrrole nitrogens is 2. The van der Waals surface area contributed by atoms with Crippen LogP contribution < -0.4 is 0 Å². The molecular weight excluding hydrogens is 540 g/mol. The Bertz CT molecular complexity index is 1690. The molecule has 2 N–H and O–H groups in total. The number of carbonyl (C=O) groups excluding carboxylic acids is 2. The minimum Gasteiger partial charge on any atom is -0.469 e. The topological polar surface area (TPSA) is 109 Å². The van der Waals surface area contributed by atoms with Crippen LogP contribution in [0.15, 0.2) is 49.7 Å². The fourth-order valence-corrected chi connectivity index (χ4v) is 6.60. The summed E-state index contributed by atoms with van der Waals surface area (Å²) in [7, 11) is 2.80. The molecule has 43 heavy (non-hydrogen) atoms. The quantitative estimate of drug-likeness (QED) is 0.342. The van der Waals surface area contributed by atoms with Gasteiger partial charge in [-0.05, 0) is 104 Å². The first-order chi connectivity index (χ1) is 20.6. The number of aromatic nitrogens is 2. The van der Waals surface area contributed by atoms with Crippen molar-refractivity contribution in [2.75, 3.05) is 14.2 Å². The van der Waals surface area contributed by atoms with Gasteiger partial charge >= 0.3 is 11.9 Å². The maximum Gasteiger partial charge on any atom is 0.306 e. The van der Waals surface area contributed by atoms with Crippen LogP contribution in [-0.4, -0.2) is 47.5 Å². The second-order valence-corrected chi connectivity index (χ2v) is 11.6. The highest BCUT2D eigenvalue weighted by molar-refractivity contribution is 6.11. The number of aryl methyl sites for hydroxylation is 1. The maximum absolute atomic E-state index is 12.8. The van der Waals surface area contributed by atoms with Crippen LogP contribution in [0.4, 0.5) is 0 Å². The molecule has 8 bridgehead atoms. The summed E-state index contributed by atoms with van der Waals surface area (Å²) >= 11 is 0. The number of nitrogens with zero attached hydrogens (tertiary/aromatic N) is 2. The van der Waals surface area contributed by atoms with Gasteiger partial charge in [0.05, 0.1) is 49.4 Å². The average molecular weight is 583 g/mol. The number of fused-ring (bicyclic) bond motifs is 6. The Morgan fingerprint density at radius 1 is 0.884 bits per heavy atom. The molecule has 0 radical (unpaired) electrons. The average Bonchev–Trinajstić information content (AvgIpc) is 3.69. The molecule has 3 aliphatic rings. The van der Waals surface area contributed by atoms with E-state index in [-0.39, 0.29) is 24.8 Å². The number of allylic oxidation sites excluding steroid dienone is 4. The van der Waals surface area contributed by atoms with Crippen LogP contribution in [0.1, 0.15) is 98.8 Å². The van der Waals surface area contributed by atoms with Crippen LogP contribution >= 0.6 is 0 Å². The standard InChI is InChI=1S/C35H42N4O4/c1-9-22-19(4)27-15-26-18(3)13-30(36-26)25(14-34(41)43-8)35-24(11-12-33(40)42-7)21(6)29(39-35)16-28-20(5)23(10-2)32(38-28)17-31(22)37-27/h13,15-16,25,36,38H,9-12,14,17H2,1-8H3/b27-15-,29-16-. The van der Waals surface area contributed by atoms with E-state index in [1.807, 2.05) is 6.92 Å². The van der Waals surface area contributed by atoms with Crippen molar-refractivity contribution in [1.82, 2.24) is 9.97 Å². The van der Waals surface area contributed by atoms with E-state index in [4.69, 9.17) is 19.5 Å². The summed E-state index contributed by atoms with van der Waals surface area (Å²) in [4.78, 5) is 42.7.